The first-order chi connectivity index (χ1) is 15.5. The summed E-state index contributed by atoms with van der Waals surface area (Å²) in [7, 11) is 1.58. The van der Waals surface area contributed by atoms with E-state index in [1.165, 1.54) is 11.8 Å². The highest BCUT2D eigenvalue weighted by Crippen LogP contribution is 2.47. The predicted molar refractivity (Wildman–Crippen MR) is 115 cm³/mol. The molecule has 1 saturated heterocycles. The number of likely N-dealkylation sites (N-methyl/N-ethyl adjacent to an activating group) is 1. The number of nitrogens with zero attached hydrogens (tertiary/aromatic N) is 4. The molecule has 1 aliphatic carbocycles. The third-order valence-corrected chi connectivity index (χ3v) is 6.55. The Labute approximate surface area is 189 Å². The molecule has 6 nitrogen and oxygen atoms in total. The summed E-state index contributed by atoms with van der Waals surface area (Å²) in [6.07, 6.45) is -2.89. The van der Waals surface area contributed by atoms with Crippen molar-refractivity contribution in [2.24, 2.45) is 11.8 Å². The number of aromatic nitrogens is 1. The minimum Gasteiger partial charge on any atom is -0.314 e. The fraction of sp³-hybridized carbons (Fsp3) is 0.417. The van der Waals surface area contributed by atoms with Gasteiger partial charge in [0.25, 0.3) is 0 Å². The van der Waals surface area contributed by atoms with Crippen LogP contribution in [-0.2, 0) is 15.8 Å². The monoisotopic (exact) mass is 456 g/mol. The molecule has 0 N–H and O–H groups in total. The number of benzene rings is 1. The maximum Gasteiger partial charge on any atom is 0.417 e. The molecule has 0 radical (unpaired) electrons. The quantitative estimate of drug-likeness (QED) is 0.687. The number of fused-ring (bicyclic) bond motifs is 1. The number of aryl methyl sites for hydroxylation is 2. The van der Waals surface area contributed by atoms with Gasteiger partial charge in [-0.15, -0.1) is 0 Å². The molecule has 1 saturated carbocycles. The van der Waals surface area contributed by atoms with E-state index in [0.29, 0.717) is 18.5 Å². The standard InChI is InChI=1S/C24H23F3N4O2/c1-13-6-4-7-15(10-13)30(3)23(33)20-16-8-5-9-17(16)22(32)31(20)21-18(12-28)19(24(25,26)27)11-14(2)29-21/h4,6-7,10-11,16-17,20H,5,8-9H2,1-3H3. The van der Waals surface area contributed by atoms with E-state index in [1.54, 1.807) is 25.2 Å². The van der Waals surface area contributed by atoms with Crippen LogP contribution in [-0.4, -0.2) is 29.9 Å². The number of hydrogen-bond acceptors (Lipinski definition) is 4. The molecule has 172 valence electrons. The van der Waals surface area contributed by atoms with E-state index in [4.69, 9.17) is 0 Å². The Balaban J connectivity index is 1.85. The van der Waals surface area contributed by atoms with Gasteiger partial charge in [-0.25, -0.2) is 4.98 Å². The highest BCUT2D eigenvalue weighted by Gasteiger charge is 2.55. The highest BCUT2D eigenvalue weighted by atomic mass is 19.4. The number of rotatable bonds is 3. The van der Waals surface area contributed by atoms with Crippen LogP contribution in [0.1, 0.15) is 41.6 Å². The molecule has 2 aliphatic rings. The second-order valence-corrected chi connectivity index (χ2v) is 8.71. The molecule has 33 heavy (non-hydrogen) atoms. The van der Waals surface area contributed by atoms with Gasteiger partial charge in [-0.3, -0.25) is 14.5 Å². The van der Waals surface area contributed by atoms with Gasteiger partial charge in [-0.2, -0.15) is 18.4 Å². The smallest absolute Gasteiger partial charge is 0.314 e. The normalized spacial score (nSPS) is 22.3. The number of anilines is 2. The Bertz CT molecular complexity index is 1170. The molecule has 3 unspecified atom stereocenters. The molecular weight excluding hydrogens is 433 g/mol. The predicted octanol–water partition coefficient (Wildman–Crippen LogP) is 4.38. The van der Waals surface area contributed by atoms with Gasteiger partial charge in [0.2, 0.25) is 11.8 Å². The second kappa shape index (κ2) is 8.18. The third kappa shape index (κ3) is 3.84. The Morgan fingerprint density at radius 1 is 1.24 bits per heavy atom. The SMILES string of the molecule is Cc1cccc(N(C)C(=O)C2C3CCCC3C(=O)N2c2nc(C)cc(C(F)(F)F)c2C#N)c1. The summed E-state index contributed by atoms with van der Waals surface area (Å²) in [6.45, 7) is 3.26. The highest BCUT2D eigenvalue weighted by molar-refractivity contribution is 6.10. The van der Waals surface area contributed by atoms with E-state index >= 15 is 0 Å². The molecule has 2 amide bonds. The average molecular weight is 456 g/mol. The van der Waals surface area contributed by atoms with Crippen LogP contribution in [0.15, 0.2) is 30.3 Å². The van der Waals surface area contributed by atoms with Crippen molar-refractivity contribution in [3.8, 4) is 6.07 Å². The van der Waals surface area contributed by atoms with Gasteiger partial charge in [0, 0.05) is 30.3 Å². The lowest BCUT2D eigenvalue weighted by Crippen LogP contribution is -2.49. The molecule has 1 aromatic carbocycles. The first-order valence-electron chi connectivity index (χ1n) is 10.7. The number of pyridine rings is 1. The Kier molecular flexibility index (Phi) is 5.64. The molecule has 1 aliphatic heterocycles. The molecule has 0 bridgehead atoms. The summed E-state index contributed by atoms with van der Waals surface area (Å²) in [5, 5.41) is 9.62. The number of halogens is 3. The summed E-state index contributed by atoms with van der Waals surface area (Å²) in [6, 6.07) is 8.61. The third-order valence-electron chi connectivity index (χ3n) is 6.55. The average Bonchev–Trinajstić information content (AvgIpc) is 3.33. The zero-order valence-electron chi connectivity index (χ0n) is 18.5. The van der Waals surface area contributed by atoms with E-state index in [1.807, 2.05) is 19.1 Å². The van der Waals surface area contributed by atoms with Crippen molar-refractivity contribution in [1.82, 2.24) is 4.98 Å². The lowest BCUT2D eigenvalue weighted by atomic mass is 9.92. The zero-order valence-corrected chi connectivity index (χ0v) is 18.5. The number of nitriles is 1. The fourth-order valence-corrected chi connectivity index (χ4v) is 5.04. The molecule has 2 heterocycles. The van der Waals surface area contributed by atoms with Gasteiger partial charge in [-0.05, 0) is 50.5 Å². The van der Waals surface area contributed by atoms with E-state index in [2.05, 4.69) is 4.98 Å². The van der Waals surface area contributed by atoms with Crippen molar-refractivity contribution in [2.45, 2.75) is 45.3 Å². The summed E-state index contributed by atoms with van der Waals surface area (Å²) < 4.78 is 41.1. The largest absolute Gasteiger partial charge is 0.417 e. The van der Waals surface area contributed by atoms with Crippen molar-refractivity contribution in [1.29, 1.82) is 5.26 Å². The van der Waals surface area contributed by atoms with Crippen LogP contribution < -0.4 is 9.80 Å². The van der Waals surface area contributed by atoms with Crippen molar-refractivity contribution in [3.63, 3.8) is 0 Å². The second-order valence-electron chi connectivity index (χ2n) is 8.71. The molecular formula is C24H23F3N4O2. The molecule has 1 aromatic heterocycles. The molecule has 9 heteroatoms. The van der Waals surface area contributed by atoms with Gasteiger partial charge in [-0.1, -0.05) is 18.6 Å². The Morgan fingerprint density at radius 3 is 2.61 bits per heavy atom. The maximum absolute atomic E-state index is 13.7. The number of alkyl halides is 3. The molecule has 4 rings (SSSR count). The van der Waals surface area contributed by atoms with Gasteiger partial charge in [0.15, 0.2) is 5.82 Å². The van der Waals surface area contributed by atoms with Gasteiger partial charge in [0.05, 0.1) is 5.56 Å². The van der Waals surface area contributed by atoms with Crippen molar-refractivity contribution < 1.29 is 22.8 Å². The van der Waals surface area contributed by atoms with Gasteiger partial charge in [0.1, 0.15) is 17.7 Å². The number of amides is 2. The van der Waals surface area contributed by atoms with Gasteiger partial charge < -0.3 is 4.90 Å². The number of carbonyl (C=O) groups excluding carboxylic acids is 2. The molecule has 2 fully saturated rings. The maximum atomic E-state index is 13.7. The van der Waals surface area contributed by atoms with Crippen LogP contribution in [0.5, 0.6) is 0 Å². The summed E-state index contributed by atoms with van der Waals surface area (Å²) >= 11 is 0. The first-order valence-corrected chi connectivity index (χ1v) is 10.7. The molecule has 2 aromatic rings. The molecule has 3 atom stereocenters. The minimum atomic E-state index is -4.80. The van der Waals surface area contributed by atoms with Crippen LogP contribution in [0, 0.1) is 37.0 Å². The van der Waals surface area contributed by atoms with Crippen molar-refractivity contribution in [3.05, 3.63) is 52.7 Å². The number of hydrogen-bond donors (Lipinski definition) is 0. The number of carbonyl (C=O) groups is 2. The first kappa shape index (κ1) is 22.8. The minimum absolute atomic E-state index is 0.0134. The lowest BCUT2D eigenvalue weighted by molar-refractivity contribution is -0.138. The fourth-order valence-electron chi connectivity index (χ4n) is 5.04. The van der Waals surface area contributed by atoms with Crippen LogP contribution in [0.25, 0.3) is 0 Å². The van der Waals surface area contributed by atoms with E-state index in [-0.39, 0.29) is 17.4 Å². The van der Waals surface area contributed by atoms with Crippen LogP contribution in [0.4, 0.5) is 24.7 Å². The topological polar surface area (TPSA) is 77.3 Å². The Hall–Kier alpha value is -3.41. The summed E-state index contributed by atoms with van der Waals surface area (Å²) in [5.41, 5.74) is -0.331. The molecule has 0 spiro atoms. The van der Waals surface area contributed by atoms with Gasteiger partial charge >= 0.3 is 6.18 Å². The van der Waals surface area contributed by atoms with Crippen molar-refractivity contribution in [2.75, 3.05) is 16.8 Å². The summed E-state index contributed by atoms with van der Waals surface area (Å²) in [4.78, 5) is 33.7. The van der Waals surface area contributed by atoms with Crippen molar-refractivity contribution >= 4 is 23.3 Å². The van der Waals surface area contributed by atoms with E-state index in [0.717, 1.165) is 23.0 Å². The van der Waals surface area contributed by atoms with E-state index < -0.39 is 41.1 Å². The lowest BCUT2D eigenvalue weighted by Gasteiger charge is -2.31. The van der Waals surface area contributed by atoms with Crippen LogP contribution in [0.2, 0.25) is 0 Å². The zero-order chi connectivity index (χ0) is 24.1. The van der Waals surface area contributed by atoms with E-state index in [9.17, 15) is 28.0 Å². The summed E-state index contributed by atoms with van der Waals surface area (Å²) in [5.74, 6) is -2.07. The Morgan fingerprint density at radius 2 is 1.97 bits per heavy atom. The van der Waals surface area contributed by atoms with Crippen LogP contribution in [0.3, 0.4) is 0 Å². The van der Waals surface area contributed by atoms with Crippen LogP contribution >= 0.6 is 0 Å².